The highest BCUT2D eigenvalue weighted by Gasteiger charge is 2.05. The lowest BCUT2D eigenvalue weighted by atomic mass is 10.2. The van der Waals surface area contributed by atoms with Crippen molar-refractivity contribution < 1.29 is 4.42 Å². The fraction of sp³-hybridized carbons (Fsp3) is 0.111. The van der Waals surface area contributed by atoms with Crippen LogP contribution < -0.4 is 0 Å². The molecule has 0 bridgehead atoms. The van der Waals surface area contributed by atoms with Gasteiger partial charge in [0.15, 0.2) is 0 Å². The fourth-order valence-corrected chi connectivity index (χ4v) is 2.08. The largest absolute Gasteiger partial charge is 0.464 e. The number of fused-ring (bicyclic) bond motifs is 1. The standard InChI is InChI=1S/C9H6Br2O/c10-5-6-1-2-8(11)7-3-4-12-9(6)7/h1-4H,5H2. The molecule has 0 amide bonds. The second-order valence-corrected chi connectivity index (χ2v) is 3.92. The van der Waals surface area contributed by atoms with Crippen molar-refractivity contribution in [3.63, 3.8) is 0 Å². The highest BCUT2D eigenvalue weighted by molar-refractivity contribution is 9.10. The normalized spacial score (nSPS) is 10.8. The molecule has 1 aromatic carbocycles. The summed E-state index contributed by atoms with van der Waals surface area (Å²) in [5.41, 5.74) is 2.14. The zero-order chi connectivity index (χ0) is 8.55. The maximum atomic E-state index is 5.36. The number of hydrogen-bond acceptors (Lipinski definition) is 1. The average Bonchev–Trinajstić information content (AvgIpc) is 2.54. The van der Waals surface area contributed by atoms with Crippen LogP contribution in [0.15, 0.2) is 33.4 Å². The Morgan fingerprint density at radius 2 is 2.08 bits per heavy atom. The average molecular weight is 290 g/mol. The Morgan fingerprint density at radius 3 is 2.83 bits per heavy atom. The lowest BCUT2D eigenvalue weighted by molar-refractivity contribution is 0.613. The second-order valence-electron chi connectivity index (χ2n) is 2.50. The highest BCUT2D eigenvalue weighted by atomic mass is 79.9. The third kappa shape index (κ3) is 1.21. The predicted molar refractivity (Wildman–Crippen MR) is 56.5 cm³/mol. The zero-order valence-electron chi connectivity index (χ0n) is 6.18. The third-order valence-corrected chi connectivity index (χ3v) is 3.08. The summed E-state index contributed by atoms with van der Waals surface area (Å²) in [6.07, 6.45) is 1.71. The number of halogens is 2. The maximum absolute atomic E-state index is 5.36. The van der Waals surface area contributed by atoms with Crippen molar-refractivity contribution in [2.75, 3.05) is 0 Å². The molecule has 1 nitrogen and oxygen atoms in total. The van der Waals surface area contributed by atoms with Crippen LogP contribution >= 0.6 is 31.9 Å². The molecule has 0 aliphatic carbocycles. The molecule has 0 unspecified atom stereocenters. The smallest absolute Gasteiger partial charge is 0.139 e. The van der Waals surface area contributed by atoms with Gasteiger partial charge in [-0.15, -0.1) is 0 Å². The Morgan fingerprint density at radius 1 is 1.25 bits per heavy atom. The molecule has 0 spiro atoms. The van der Waals surface area contributed by atoms with Gasteiger partial charge in [-0.3, -0.25) is 0 Å². The van der Waals surface area contributed by atoms with Gasteiger partial charge >= 0.3 is 0 Å². The van der Waals surface area contributed by atoms with Crippen LogP contribution in [0, 0.1) is 0 Å². The molecule has 0 radical (unpaired) electrons. The first-order valence-corrected chi connectivity index (χ1v) is 5.45. The first-order chi connectivity index (χ1) is 5.83. The van der Waals surface area contributed by atoms with Gasteiger partial charge in [0, 0.05) is 20.8 Å². The minimum absolute atomic E-state index is 0.824. The number of furan rings is 1. The van der Waals surface area contributed by atoms with Crippen molar-refractivity contribution in [3.8, 4) is 0 Å². The molecule has 0 aliphatic rings. The van der Waals surface area contributed by atoms with E-state index in [0.29, 0.717) is 0 Å². The summed E-state index contributed by atoms with van der Waals surface area (Å²) in [6.45, 7) is 0. The highest BCUT2D eigenvalue weighted by Crippen LogP contribution is 2.28. The van der Waals surface area contributed by atoms with Gasteiger partial charge in [-0.2, -0.15) is 0 Å². The second kappa shape index (κ2) is 3.23. The maximum Gasteiger partial charge on any atom is 0.139 e. The molecule has 3 heteroatoms. The topological polar surface area (TPSA) is 13.1 Å². The van der Waals surface area contributed by atoms with E-state index in [2.05, 4.69) is 31.9 Å². The van der Waals surface area contributed by atoms with Crippen LogP contribution in [0.2, 0.25) is 0 Å². The number of hydrogen-bond donors (Lipinski definition) is 0. The van der Waals surface area contributed by atoms with Crippen molar-refractivity contribution in [1.82, 2.24) is 0 Å². The monoisotopic (exact) mass is 288 g/mol. The molecule has 2 aromatic rings. The van der Waals surface area contributed by atoms with Gasteiger partial charge in [-0.25, -0.2) is 0 Å². The Hall–Kier alpha value is -0.280. The number of rotatable bonds is 1. The molecule has 2 rings (SSSR count). The van der Waals surface area contributed by atoms with Gasteiger partial charge in [-0.05, 0) is 12.1 Å². The Bertz CT molecular complexity index is 406. The van der Waals surface area contributed by atoms with Crippen LogP contribution in [-0.2, 0) is 5.33 Å². The minimum atomic E-state index is 0.824. The van der Waals surface area contributed by atoms with Crippen LogP contribution in [0.3, 0.4) is 0 Å². The van der Waals surface area contributed by atoms with E-state index in [-0.39, 0.29) is 0 Å². The SMILES string of the molecule is BrCc1ccc(Br)c2ccoc12. The van der Waals surface area contributed by atoms with Crippen LogP contribution in [-0.4, -0.2) is 0 Å². The van der Waals surface area contributed by atoms with Crippen LogP contribution in [0.5, 0.6) is 0 Å². The molecule has 62 valence electrons. The molecular formula is C9H6Br2O. The van der Waals surface area contributed by atoms with Crippen molar-refractivity contribution in [2.24, 2.45) is 0 Å². The van der Waals surface area contributed by atoms with Crippen LogP contribution in [0.1, 0.15) is 5.56 Å². The van der Waals surface area contributed by atoms with Gasteiger partial charge in [0.05, 0.1) is 6.26 Å². The summed E-state index contributed by atoms with van der Waals surface area (Å²) in [6, 6.07) is 6.05. The van der Waals surface area contributed by atoms with E-state index in [4.69, 9.17) is 4.42 Å². The van der Waals surface area contributed by atoms with E-state index in [0.717, 1.165) is 20.8 Å². The lowest BCUT2D eigenvalue weighted by Gasteiger charge is -1.97. The quantitative estimate of drug-likeness (QED) is 0.721. The minimum Gasteiger partial charge on any atom is -0.464 e. The molecule has 0 saturated heterocycles. The van der Waals surface area contributed by atoms with Crippen molar-refractivity contribution >= 4 is 42.8 Å². The van der Waals surface area contributed by atoms with E-state index in [1.807, 2.05) is 18.2 Å². The van der Waals surface area contributed by atoms with Crippen LogP contribution in [0.4, 0.5) is 0 Å². The van der Waals surface area contributed by atoms with Gasteiger partial charge in [0.2, 0.25) is 0 Å². The molecule has 1 aromatic heterocycles. The van der Waals surface area contributed by atoms with Crippen molar-refractivity contribution in [3.05, 3.63) is 34.5 Å². The summed E-state index contributed by atoms with van der Waals surface area (Å²) in [5.74, 6) is 0. The summed E-state index contributed by atoms with van der Waals surface area (Å²) in [4.78, 5) is 0. The van der Waals surface area contributed by atoms with Gasteiger partial charge in [0.1, 0.15) is 5.58 Å². The molecule has 12 heavy (non-hydrogen) atoms. The molecule has 0 aliphatic heterocycles. The van der Waals surface area contributed by atoms with Gasteiger partial charge < -0.3 is 4.42 Å². The molecule has 1 heterocycles. The number of benzene rings is 1. The molecule has 0 saturated carbocycles. The lowest BCUT2D eigenvalue weighted by Crippen LogP contribution is -1.78. The molecular weight excluding hydrogens is 284 g/mol. The van der Waals surface area contributed by atoms with Crippen LogP contribution in [0.25, 0.3) is 11.0 Å². The molecule has 0 fully saturated rings. The van der Waals surface area contributed by atoms with Gasteiger partial charge in [-0.1, -0.05) is 37.9 Å². The van der Waals surface area contributed by atoms with E-state index in [1.54, 1.807) is 6.26 Å². The zero-order valence-corrected chi connectivity index (χ0v) is 9.35. The van der Waals surface area contributed by atoms with Crippen molar-refractivity contribution in [2.45, 2.75) is 5.33 Å². The molecule has 0 atom stereocenters. The molecule has 0 N–H and O–H groups in total. The van der Waals surface area contributed by atoms with E-state index in [1.165, 1.54) is 5.56 Å². The first kappa shape index (κ1) is 8.32. The summed E-state index contributed by atoms with van der Waals surface area (Å²) in [7, 11) is 0. The van der Waals surface area contributed by atoms with Gasteiger partial charge in [0.25, 0.3) is 0 Å². The Balaban J connectivity index is 2.82. The summed E-state index contributed by atoms with van der Waals surface area (Å²) < 4.78 is 6.44. The Labute approximate surface area is 87.0 Å². The first-order valence-electron chi connectivity index (χ1n) is 3.53. The van der Waals surface area contributed by atoms with E-state index < -0.39 is 0 Å². The van der Waals surface area contributed by atoms with E-state index >= 15 is 0 Å². The van der Waals surface area contributed by atoms with Crippen molar-refractivity contribution in [1.29, 1.82) is 0 Å². The van der Waals surface area contributed by atoms with E-state index in [9.17, 15) is 0 Å². The Kier molecular flexibility index (Phi) is 2.24. The third-order valence-electron chi connectivity index (χ3n) is 1.79. The number of alkyl halides is 1. The predicted octanol–water partition coefficient (Wildman–Crippen LogP) is 4.09. The fourth-order valence-electron chi connectivity index (χ4n) is 1.19. The summed E-state index contributed by atoms with van der Waals surface area (Å²) >= 11 is 6.88. The summed E-state index contributed by atoms with van der Waals surface area (Å²) in [5, 5.41) is 1.96.